The average Bonchev–Trinajstić information content (AvgIpc) is 2.72. The Morgan fingerprint density at radius 2 is 1.77 bits per heavy atom. The van der Waals surface area contributed by atoms with Crippen LogP contribution < -0.4 is 9.46 Å². The average molecular weight is 450 g/mol. The molecule has 0 bridgehead atoms. The Kier molecular flexibility index (Phi) is 6.14. The summed E-state index contributed by atoms with van der Waals surface area (Å²) in [7, 11) is -2.86. The van der Waals surface area contributed by atoms with E-state index in [2.05, 4.69) is 9.46 Å². The topological polar surface area (TPSA) is 119 Å². The molecule has 0 unspecified atom stereocenters. The summed E-state index contributed by atoms with van der Waals surface area (Å²) in [6.45, 7) is -0.295. The first kappa shape index (κ1) is 21.4. The van der Waals surface area contributed by atoms with Crippen LogP contribution in [0, 0.1) is 0 Å². The van der Waals surface area contributed by atoms with Crippen molar-refractivity contribution in [3.63, 3.8) is 0 Å². The fourth-order valence-electron chi connectivity index (χ4n) is 2.73. The van der Waals surface area contributed by atoms with Gasteiger partial charge in [-0.3, -0.25) is 4.72 Å². The van der Waals surface area contributed by atoms with Gasteiger partial charge in [-0.15, -0.1) is 0 Å². The van der Waals surface area contributed by atoms with E-state index in [-0.39, 0.29) is 27.8 Å². The number of rotatable bonds is 7. The molecule has 0 amide bonds. The van der Waals surface area contributed by atoms with Gasteiger partial charge < -0.3 is 14.6 Å². The zero-order valence-electron chi connectivity index (χ0n) is 15.6. The number of carboxylic acids is 1. The van der Waals surface area contributed by atoms with E-state index in [4.69, 9.17) is 21.4 Å². The maximum atomic E-state index is 12.9. The second-order valence-corrected chi connectivity index (χ2v) is 8.14. The number of hydrogen-bond donors (Lipinski definition) is 2. The fourth-order valence-corrected chi connectivity index (χ4v) is 4.36. The van der Waals surface area contributed by atoms with Crippen molar-refractivity contribution in [3.8, 4) is 5.75 Å². The largest absolute Gasteiger partial charge is 0.481 e. The number of carboxylic acid groups (broad SMARTS) is 1. The van der Waals surface area contributed by atoms with Crippen molar-refractivity contribution < 1.29 is 32.6 Å². The Morgan fingerprint density at radius 1 is 1.07 bits per heavy atom. The molecule has 0 aliphatic carbocycles. The van der Waals surface area contributed by atoms with Gasteiger partial charge in [-0.1, -0.05) is 35.9 Å². The van der Waals surface area contributed by atoms with Gasteiger partial charge in [-0.2, -0.15) is 0 Å². The number of nitrogens with one attached hydrogen (secondary N) is 1. The molecule has 0 spiro atoms. The molecule has 0 aliphatic heterocycles. The lowest BCUT2D eigenvalue weighted by Gasteiger charge is -2.14. The van der Waals surface area contributed by atoms with Gasteiger partial charge in [-0.05, 0) is 30.3 Å². The molecule has 2 N–H and O–H groups in total. The predicted molar refractivity (Wildman–Crippen MR) is 111 cm³/mol. The molecular weight excluding hydrogens is 434 g/mol. The van der Waals surface area contributed by atoms with E-state index in [9.17, 15) is 18.0 Å². The lowest BCUT2D eigenvalue weighted by molar-refractivity contribution is -0.142. The van der Waals surface area contributed by atoms with Crippen LogP contribution in [0.25, 0.3) is 10.8 Å². The SMILES string of the molecule is COC(=O)COc1ccc(NS(=O)(=O)c2ccc(C(=O)O)cc2Cl)c2ccccc12. The Balaban J connectivity index is 1.98. The Hall–Kier alpha value is -3.30. The molecule has 10 heteroatoms. The zero-order chi connectivity index (χ0) is 21.9. The molecule has 0 atom stereocenters. The van der Waals surface area contributed by atoms with Crippen LogP contribution in [-0.2, 0) is 19.6 Å². The van der Waals surface area contributed by atoms with Gasteiger partial charge in [0.25, 0.3) is 10.0 Å². The Labute approximate surface area is 177 Å². The number of carbonyl (C=O) groups excluding carboxylic acids is 1. The van der Waals surface area contributed by atoms with Crippen LogP contribution in [0.5, 0.6) is 5.75 Å². The molecule has 0 aromatic heterocycles. The minimum atomic E-state index is -4.11. The zero-order valence-corrected chi connectivity index (χ0v) is 17.2. The lowest BCUT2D eigenvalue weighted by atomic mass is 10.1. The van der Waals surface area contributed by atoms with E-state index >= 15 is 0 Å². The first-order chi connectivity index (χ1) is 14.2. The van der Waals surface area contributed by atoms with E-state index in [1.165, 1.54) is 19.2 Å². The molecular formula is C20H16ClNO7S. The van der Waals surface area contributed by atoms with Gasteiger partial charge in [0.2, 0.25) is 0 Å². The third kappa shape index (κ3) is 4.47. The highest BCUT2D eigenvalue weighted by Gasteiger charge is 2.21. The van der Waals surface area contributed by atoms with E-state index in [0.29, 0.717) is 16.5 Å². The van der Waals surface area contributed by atoms with Crippen LogP contribution in [0.4, 0.5) is 5.69 Å². The van der Waals surface area contributed by atoms with Gasteiger partial charge in [0.05, 0.1) is 23.4 Å². The number of halogens is 1. The van der Waals surface area contributed by atoms with E-state index in [1.807, 2.05) is 0 Å². The maximum absolute atomic E-state index is 12.9. The summed E-state index contributed by atoms with van der Waals surface area (Å²) in [6.07, 6.45) is 0. The quantitative estimate of drug-likeness (QED) is 0.529. The normalized spacial score (nSPS) is 11.1. The fraction of sp³-hybridized carbons (Fsp3) is 0.100. The van der Waals surface area contributed by atoms with Crippen molar-refractivity contribution in [1.29, 1.82) is 0 Å². The molecule has 0 fully saturated rings. The summed E-state index contributed by atoms with van der Waals surface area (Å²) in [5.41, 5.74) is 0.130. The van der Waals surface area contributed by atoms with Crippen molar-refractivity contribution in [1.82, 2.24) is 0 Å². The Bertz CT molecular complexity index is 1240. The molecule has 30 heavy (non-hydrogen) atoms. The number of methoxy groups -OCH3 is 1. The van der Waals surface area contributed by atoms with Crippen molar-refractivity contribution in [2.45, 2.75) is 4.90 Å². The number of ether oxygens (including phenoxy) is 2. The van der Waals surface area contributed by atoms with Crippen molar-refractivity contribution in [3.05, 3.63) is 65.2 Å². The molecule has 0 heterocycles. The molecule has 0 saturated heterocycles. The number of sulfonamides is 1. The van der Waals surface area contributed by atoms with Crippen LogP contribution in [-0.4, -0.2) is 39.2 Å². The summed E-state index contributed by atoms with van der Waals surface area (Å²) < 4.78 is 38.2. The van der Waals surface area contributed by atoms with Gasteiger partial charge in [0.15, 0.2) is 6.61 Å². The maximum Gasteiger partial charge on any atom is 0.343 e. The Morgan fingerprint density at radius 3 is 2.40 bits per heavy atom. The van der Waals surface area contributed by atoms with Crippen molar-refractivity contribution in [2.75, 3.05) is 18.4 Å². The number of aromatic carboxylic acids is 1. The highest BCUT2D eigenvalue weighted by Crippen LogP contribution is 2.33. The van der Waals surface area contributed by atoms with Gasteiger partial charge in [0.1, 0.15) is 10.6 Å². The second-order valence-electron chi connectivity index (χ2n) is 6.08. The van der Waals surface area contributed by atoms with Crippen molar-refractivity contribution >= 4 is 50.0 Å². The molecule has 0 aliphatic rings. The highest BCUT2D eigenvalue weighted by molar-refractivity contribution is 7.92. The first-order valence-electron chi connectivity index (χ1n) is 8.50. The molecule has 0 saturated carbocycles. The third-order valence-electron chi connectivity index (χ3n) is 4.17. The lowest BCUT2D eigenvalue weighted by Crippen LogP contribution is -2.15. The number of esters is 1. The van der Waals surface area contributed by atoms with Crippen LogP contribution in [0.3, 0.4) is 0 Å². The molecule has 3 rings (SSSR count). The van der Waals surface area contributed by atoms with Crippen LogP contribution in [0.1, 0.15) is 10.4 Å². The van der Waals surface area contributed by atoms with E-state index in [0.717, 1.165) is 18.2 Å². The van der Waals surface area contributed by atoms with Gasteiger partial charge >= 0.3 is 11.9 Å². The molecule has 0 radical (unpaired) electrons. The summed E-state index contributed by atoms with van der Waals surface area (Å²) >= 11 is 6.01. The molecule has 8 nitrogen and oxygen atoms in total. The van der Waals surface area contributed by atoms with Gasteiger partial charge in [-0.25, -0.2) is 18.0 Å². The first-order valence-corrected chi connectivity index (χ1v) is 10.4. The number of carbonyl (C=O) groups is 2. The highest BCUT2D eigenvalue weighted by atomic mass is 35.5. The third-order valence-corrected chi connectivity index (χ3v) is 6.02. The molecule has 156 valence electrons. The summed E-state index contributed by atoms with van der Waals surface area (Å²) in [5, 5.41) is 9.90. The van der Waals surface area contributed by atoms with Gasteiger partial charge in [0, 0.05) is 10.8 Å². The molecule has 3 aromatic carbocycles. The summed E-state index contributed by atoms with van der Waals surface area (Å²) in [5.74, 6) is -1.39. The van der Waals surface area contributed by atoms with Crippen LogP contribution in [0.15, 0.2) is 59.5 Å². The van der Waals surface area contributed by atoms with E-state index in [1.54, 1.807) is 24.3 Å². The monoisotopic (exact) mass is 449 g/mol. The minimum absolute atomic E-state index is 0.128. The standard InChI is InChI=1S/C20H16ClNO7S/c1-28-19(23)11-29-17-8-7-16(13-4-2-3-5-14(13)17)22-30(26,27)18-9-6-12(20(24)25)10-15(18)21/h2-10,22H,11H2,1H3,(H,24,25). The van der Waals surface area contributed by atoms with E-state index < -0.39 is 22.0 Å². The summed E-state index contributed by atoms with van der Waals surface area (Å²) in [6, 6.07) is 13.2. The van der Waals surface area contributed by atoms with Crippen molar-refractivity contribution in [2.24, 2.45) is 0 Å². The number of hydrogen-bond acceptors (Lipinski definition) is 6. The van der Waals surface area contributed by atoms with Crippen LogP contribution >= 0.6 is 11.6 Å². The number of anilines is 1. The number of fused-ring (bicyclic) bond motifs is 1. The summed E-state index contributed by atoms with van der Waals surface area (Å²) in [4.78, 5) is 22.1. The van der Waals surface area contributed by atoms with Crippen LogP contribution in [0.2, 0.25) is 5.02 Å². The molecule has 3 aromatic rings. The minimum Gasteiger partial charge on any atom is -0.481 e. The second kappa shape index (κ2) is 8.60. The number of benzene rings is 3. The predicted octanol–water partition coefficient (Wildman–Crippen LogP) is 3.54. The smallest absolute Gasteiger partial charge is 0.343 e.